The van der Waals surface area contributed by atoms with Gasteiger partial charge < -0.3 is 15.2 Å². The second-order valence-electron chi connectivity index (χ2n) is 3.50. The molecule has 1 aliphatic heterocycles. The van der Waals surface area contributed by atoms with E-state index in [1.807, 2.05) is 13.8 Å². The van der Waals surface area contributed by atoms with Crippen LogP contribution in [0.4, 0.5) is 0 Å². The molecule has 0 spiro atoms. The average molecular weight is 185 g/mol. The summed E-state index contributed by atoms with van der Waals surface area (Å²) in [7, 11) is 0. The van der Waals surface area contributed by atoms with Gasteiger partial charge in [0.25, 0.3) is 0 Å². The van der Waals surface area contributed by atoms with Crippen molar-refractivity contribution in [2.45, 2.75) is 31.9 Å². The Bertz CT molecular complexity index is 227. The first-order valence-electron chi connectivity index (χ1n) is 4.33. The molecule has 2 unspecified atom stereocenters. The van der Waals surface area contributed by atoms with Gasteiger partial charge in [-0.15, -0.1) is 0 Å². The second kappa shape index (κ2) is 3.79. The van der Waals surface area contributed by atoms with Crippen molar-refractivity contribution in [3.8, 4) is 0 Å². The molecule has 2 atom stereocenters. The van der Waals surface area contributed by atoms with Gasteiger partial charge in [-0.25, -0.2) is 4.79 Å². The van der Waals surface area contributed by atoms with Crippen molar-refractivity contribution in [2.75, 3.05) is 6.61 Å². The SMILES string of the molecule is CC1OCCC1(C)N/C=C/C(=O)O. The molecule has 13 heavy (non-hydrogen) atoms. The Morgan fingerprint density at radius 2 is 2.46 bits per heavy atom. The van der Waals surface area contributed by atoms with Crippen molar-refractivity contribution >= 4 is 5.97 Å². The van der Waals surface area contributed by atoms with Gasteiger partial charge in [0.15, 0.2) is 0 Å². The molecule has 4 nitrogen and oxygen atoms in total. The average Bonchev–Trinajstić information content (AvgIpc) is 2.32. The number of hydrogen-bond acceptors (Lipinski definition) is 3. The number of rotatable bonds is 3. The molecule has 1 fully saturated rings. The second-order valence-corrected chi connectivity index (χ2v) is 3.50. The van der Waals surface area contributed by atoms with Gasteiger partial charge in [-0.2, -0.15) is 0 Å². The number of carboxylic acids is 1. The minimum atomic E-state index is -0.942. The Morgan fingerprint density at radius 1 is 1.77 bits per heavy atom. The number of nitrogens with one attached hydrogen (secondary N) is 1. The zero-order valence-electron chi connectivity index (χ0n) is 7.91. The molecule has 1 aliphatic rings. The van der Waals surface area contributed by atoms with Crippen LogP contribution < -0.4 is 5.32 Å². The summed E-state index contributed by atoms with van der Waals surface area (Å²) >= 11 is 0. The Hall–Kier alpha value is -1.03. The molecule has 1 heterocycles. The van der Waals surface area contributed by atoms with Crippen molar-refractivity contribution < 1.29 is 14.6 Å². The van der Waals surface area contributed by atoms with Crippen LogP contribution in [-0.2, 0) is 9.53 Å². The summed E-state index contributed by atoms with van der Waals surface area (Å²) < 4.78 is 5.38. The number of hydrogen-bond donors (Lipinski definition) is 2. The van der Waals surface area contributed by atoms with Gasteiger partial charge in [-0.05, 0) is 20.3 Å². The van der Waals surface area contributed by atoms with Crippen LogP contribution in [0.1, 0.15) is 20.3 Å². The van der Waals surface area contributed by atoms with E-state index in [2.05, 4.69) is 5.32 Å². The lowest BCUT2D eigenvalue weighted by atomic mass is 9.95. The van der Waals surface area contributed by atoms with Crippen LogP contribution in [0.2, 0.25) is 0 Å². The molecule has 0 bridgehead atoms. The highest BCUT2D eigenvalue weighted by Crippen LogP contribution is 2.24. The maximum absolute atomic E-state index is 10.2. The van der Waals surface area contributed by atoms with E-state index in [-0.39, 0.29) is 11.6 Å². The van der Waals surface area contributed by atoms with Gasteiger partial charge in [0, 0.05) is 18.9 Å². The molecule has 0 saturated carbocycles. The zero-order chi connectivity index (χ0) is 9.90. The van der Waals surface area contributed by atoms with Crippen LogP contribution in [-0.4, -0.2) is 29.3 Å². The molecule has 2 N–H and O–H groups in total. The fraction of sp³-hybridized carbons (Fsp3) is 0.667. The molecule has 0 aromatic rings. The van der Waals surface area contributed by atoms with Gasteiger partial charge in [0.1, 0.15) is 0 Å². The van der Waals surface area contributed by atoms with Crippen molar-refractivity contribution in [3.05, 3.63) is 12.3 Å². The van der Waals surface area contributed by atoms with E-state index in [1.165, 1.54) is 6.20 Å². The Balaban J connectivity index is 2.47. The molecule has 0 aromatic heterocycles. The molecule has 1 rings (SSSR count). The summed E-state index contributed by atoms with van der Waals surface area (Å²) in [6, 6.07) is 0. The smallest absolute Gasteiger partial charge is 0.329 e. The summed E-state index contributed by atoms with van der Waals surface area (Å²) in [6.07, 6.45) is 3.58. The number of carbonyl (C=O) groups is 1. The Morgan fingerprint density at radius 3 is 2.92 bits per heavy atom. The lowest BCUT2D eigenvalue weighted by molar-refractivity contribution is -0.131. The molecular weight excluding hydrogens is 170 g/mol. The van der Waals surface area contributed by atoms with E-state index in [0.717, 1.165) is 19.1 Å². The van der Waals surface area contributed by atoms with E-state index < -0.39 is 5.97 Å². The van der Waals surface area contributed by atoms with Crippen LogP contribution in [0.25, 0.3) is 0 Å². The van der Waals surface area contributed by atoms with Crippen LogP contribution in [0, 0.1) is 0 Å². The summed E-state index contributed by atoms with van der Waals surface area (Å²) in [5, 5.41) is 11.4. The van der Waals surface area contributed by atoms with Crippen molar-refractivity contribution in [2.24, 2.45) is 0 Å². The van der Waals surface area contributed by atoms with Crippen molar-refractivity contribution in [1.82, 2.24) is 5.32 Å². The highest BCUT2D eigenvalue weighted by Gasteiger charge is 2.35. The molecule has 0 aliphatic carbocycles. The molecule has 0 aromatic carbocycles. The normalized spacial score (nSPS) is 33.8. The van der Waals surface area contributed by atoms with Gasteiger partial charge in [-0.3, -0.25) is 0 Å². The third kappa shape index (κ3) is 2.45. The number of aliphatic carboxylic acids is 1. The molecule has 0 amide bonds. The molecule has 0 radical (unpaired) electrons. The summed E-state index contributed by atoms with van der Waals surface area (Å²) in [6.45, 7) is 4.73. The lowest BCUT2D eigenvalue weighted by Gasteiger charge is -2.27. The summed E-state index contributed by atoms with van der Waals surface area (Å²) in [4.78, 5) is 10.2. The van der Waals surface area contributed by atoms with Crippen molar-refractivity contribution in [1.29, 1.82) is 0 Å². The van der Waals surface area contributed by atoms with Crippen LogP contribution in [0.3, 0.4) is 0 Å². The first-order chi connectivity index (χ1) is 6.04. The highest BCUT2D eigenvalue weighted by atomic mass is 16.5. The maximum atomic E-state index is 10.2. The Kier molecular flexibility index (Phi) is 2.93. The highest BCUT2D eigenvalue weighted by molar-refractivity contribution is 5.79. The van der Waals surface area contributed by atoms with E-state index in [1.54, 1.807) is 0 Å². The molecule has 4 heteroatoms. The van der Waals surface area contributed by atoms with Crippen molar-refractivity contribution in [3.63, 3.8) is 0 Å². The van der Waals surface area contributed by atoms with Gasteiger partial charge >= 0.3 is 5.97 Å². The molecule has 74 valence electrons. The Labute approximate surface area is 77.6 Å². The molecular formula is C9H15NO3. The minimum Gasteiger partial charge on any atom is -0.478 e. The predicted molar refractivity (Wildman–Crippen MR) is 48.3 cm³/mol. The third-order valence-corrected chi connectivity index (χ3v) is 2.53. The molecule has 1 saturated heterocycles. The first-order valence-corrected chi connectivity index (χ1v) is 4.33. The topological polar surface area (TPSA) is 58.6 Å². The summed E-state index contributed by atoms with van der Waals surface area (Å²) in [5.74, 6) is -0.942. The first kappa shape index (κ1) is 10.1. The van der Waals surface area contributed by atoms with E-state index in [9.17, 15) is 4.79 Å². The van der Waals surface area contributed by atoms with Crippen LogP contribution in [0.15, 0.2) is 12.3 Å². The fourth-order valence-corrected chi connectivity index (χ4v) is 1.33. The minimum absolute atomic E-state index is 0.117. The largest absolute Gasteiger partial charge is 0.478 e. The maximum Gasteiger partial charge on any atom is 0.329 e. The van der Waals surface area contributed by atoms with E-state index >= 15 is 0 Å². The monoisotopic (exact) mass is 185 g/mol. The van der Waals surface area contributed by atoms with Crippen LogP contribution >= 0.6 is 0 Å². The number of carboxylic acid groups (broad SMARTS) is 1. The van der Waals surface area contributed by atoms with Crippen LogP contribution in [0.5, 0.6) is 0 Å². The van der Waals surface area contributed by atoms with Gasteiger partial charge in [-0.1, -0.05) is 0 Å². The fourth-order valence-electron chi connectivity index (χ4n) is 1.33. The predicted octanol–water partition coefficient (Wildman–Crippen LogP) is 0.742. The van der Waals surface area contributed by atoms with Gasteiger partial charge in [0.05, 0.1) is 11.6 Å². The quantitative estimate of drug-likeness (QED) is 0.637. The number of ether oxygens (including phenoxy) is 1. The van der Waals surface area contributed by atoms with E-state index in [4.69, 9.17) is 9.84 Å². The lowest BCUT2D eigenvalue weighted by Crippen LogP contribution is -2.44. The van der Waals surface area contributed by atoms with Gasteiger partial charge in [0.2, 0.25) is 0 Å². The van der Waals surface area contributed by atoms with E-state index in [0.29, 0.717) is 0 Å². The summed E-state index contributed by atoms with van der Waals surface area (Å²) in [5.41, 5.74) is -0.133. The standard InChI is InChI=1S/C9H15NO3/c1-7-9(2,4-6-13-7)10-5-3-8(11)12/h3,5,7,10H,4,6H2,1-2H3,(H,11,12)/b5-3+. The third-order valence-electron chi connectivity index (χ3n) is 2.53. The zero-order valence-corrected chi connectivity index (χ0v) is 7.91.